The van der Waals surface area contributed by atoms with Crippen LogP contribution in [-0.4, -0.2) is 48.5 Å². The molecule has 3 rings (SSSR count). The summed E-state index contributed by atoms with van der Waals surface area (Å²) in [5.41, 5.74) is 0.932. The smallest absolute Gasteiger partial charge is 0.117 e. The third kappa shape index (κ3) is 4.85. The Morgan fingerprint density at radius 1 is 1.11 bits per heavy atom. The topological polar surface area (TPSA) is 27.7 Å². The highest BCUT2D eigenvalue weighted by atomic mass is 35.5. The van der Waals surface area contributed by atoms with Gasteiger partial charge < -0.3 is 4.74 Å². The van der Waals surface area contributed by atoms with Crippen LogP contribution in [0, 0.1) is 0 Å². The van der Waals surface area contributed by atoms with E-state index in [4.69, 9.17) is 27.9 Å². The fraction of sp³-hybridized carbons (Fsp3) is 0.727. The minimum atomic E-state index is -0.173. The van der Waals surface area contributed by atoms with Crippen LogP contribution in [0.1, 0.15) is 70.5 Å². The zero-order valence-corrected chi connectivity index (χ0v) is 18.9. The zero-order valence-electron chi connectivity index (χ0n) is 17.4. The van der Waals surface area contributed by atoms with Crippen molar-refractivity contribution in [2.45, 2.75) is 70.6 Å². The van der Waals surface area contributed by atoms with Crippen LogP contribution in [0.4, 0.5) is 0 Å². The first kappa shape index (κ1) is 22.3. The largest absolute Gasteiger partial charge is 0.369 e. The van der Waals surface area contributed by atoms with E-state index in [9.17, 15) is 0 Å². The van der Waals surface area contributed by atoms with Crippen LogP contribution in [-0.2, 0) is 4.74 Å². The van der Waals surface area contributed by atoms with Gasteiger partial charge >= 0.3 is 0 Å². The van der Waals surface area contributed by atoms with Crippen LogP contribution in [0.25, 0.3) is 0 Å². The molecule has 1 aromatic carbocycles. The minimum absolute atomic E-state index is 0.0374. The average molecular weight is 428 g/mol. The Hall–Kier alpha value is -0.360. The Morgan fingerprint density at radius 2 is 1.82 bits per heavy atom. The van der Waals surface area contributed by atoms with Gasteiger partial charge in [0.25, 0.3) is 0 Å². The molecule has 2 aliphatic rings. The number of unbranched alkanes of at least 4 members (excludes halogenated alkanes) is 4. The lowest BCUT2D eigenvalue weighted by Crippen LogP contribution is -2.77. The van der Waals surface area contributed by atoms with Gasteiger partial charge in [0.1, 0.15) is 11.8 Å². The summed E-state index contributed by atoms with van der Waals surface area (Å²) in [6, 6.07) is 5.91. The standard InChI is InChI=1S/C22H35Cl2N3O/c1-3-5-7-13-26(14-8-6-4-2)27-15-11-22(27)21(28-16-12-25-22)18-9-10-19(23)20(24)17-18/h9-10,17,21,25H,3-8,11-16H2,1-2H3. The van der Waals surface area contributed by atoms with Crippen LogP contribution in [0.15, 0.2) is 18.2 Å². The van der Waals surface area contributed by atoms with Crippen molar-refractivity contribution in [3.63, 3.8) is 0 Å². The number of hydrogen-bond donors (Lipinski definition) is 1. The lowest BCUT2D eigenvalue weighted by atomic mass is 9.84. The van der Waals surface area contributed by atoms with Gasteiger partial charge in [0.05, 0.1) is 16.7 Å². The molecule has 0 aromatic heterocycles. The van der Waals surface area contributed by atoms with Gasteiger partial charge in [-0.05, 0) is 37.0 Å². The summed E-state index contributed by atoms with van der Waals surface area (Å²) in [5, 5.41) is 10.1. The number of ether oxygens (including phenoxy) is 1. The van der Waals surface area contributed by atoms with E-state index in [0.29, 0.717) is 16.7 Å². The quantitative estimate of drug-likeness (QED) is 0.487. The van der Waals surface area contributed by atoms with E-state index in [0.717, 1.165) is 38.2 Å². The number of hydrogen-bond acceptors (Lipinski definition) is 4. The van der Waals surface area contributed by atoms with Crippen molar-refractivity contribution in [3.05, 3.63) is 33.8 Å². The number of halogens is 2. The zero-order chi connectivity index (χ0) is 20.0. The second-order valence-electron chi connectivity index (χ2n) is 8.02. The first-order valence-corrected chi connectivity index (χ1v) is 11.7. The first-order valence-electron chi connectivity index (χ1n) is 11.0. The Balaban J connectivity index is 1.80. The van der Waals surface area contributed by atoms with Gasteiger partial charge in [0, 0.05) is 26.2 Å². The molecule has 1 aromatic rings. The van der Waals surface area contributed by atoms with E-state index in [1.807, 2.05) is 12.1 Å². The van der Waals surface area contributed by atoms with Gasteiger partial charge in [0.2, 0.25) is 0 Å². The van der Waals surface area contributed by atoms with Gasteiger partial charge in [-0.2, -0.15) is 0 Å². The van der Waals surface area contributed by atoms with Crippen molar-refractivity contribution in [3.8, 4) is 0 Å². The SMILES string of the molecule is CCCCCN(CCCCC)N1CCC12NCCOC2c1ccc(Cl)c(Cl)c1. The third-order valence-electron chi connectivity index (χ3n) is 6.04. The Kier molecular flexibility index (Phi) is 8.46. The molecule has 1 spiro atoms. The maximum absolute atomic E-state index is 6.32. The first-order chi connectivity index (χ1) is 13.6. The second kappa shape index (κ2) is 10.6. The van der Waals surface area contributed by atoms with Crippen LogP contribution in [0.2, 0.25) is 10.0 Å². The van der Waals surface area contributed by atoms with Crippen molar-refractivity contribution < 1.29 is 4.74 Å². The Labute approximate surface area is 180 Å². The normalized spacial score (nSPS) is 25.4. The van der Waals surface area contributed by atoms with Crippen molar-refractivity contribution in [2.75, 3.05) is 32.8 Å². The Morgan fingerprint density at radius 3 is 2.39 bits per heavy atom. The molecule has 6 heteroatoms. The number of hydrazine groups is 1. The molecule has 4 nitrogen and oxygen atoms in total. The summed E-state index contributed by atoms with van der Waals surface area (Å²) in [7, 11) is 0. The summed E-state index contributed by atoms with van der Waals surface area (Å²) in [4.78, 5) is 0. The molecule has 0 bridgehead atoms. The number of nitrogens with one attached hydrogen (secondary N) is 1. The highest BCUT2D eigenvalue weighted by molar-refractivity contribution is 6.42. The summed E-state index contributed by atoms with van der Waals surface area (Å²) < 4.78 is 6.32. The molecular formula is C22H35Cl2N3O. The molecule has 0 aliphatic carbocycles. The third-order valence-corrected chi connectivity index (χ3v) is 6.78. The fourth-order valence-electron chi connectivity index (χ4n) is 4.46. The maximum Gasteiger partial charge on any atom is 0.117 e. The van der Waals surface area contributed by atoms with Crippen LogP contribution in [0.5, 0.6) is 0 Å². The van der Waals surface area contributed by atoms with E-state index >= 15 is 0 Å². The molecule has 2 unspecified atom stereocenters. The molecule has 2 heterocycles. The molecule has 28 heavy (non-hydrogen) atoms. The van der Waals surface area contributed by atoms with Crippen molar-refractivity contribution in [1.82, 2.24) is 15.3 Å². The fourth-order valence-corrected chi connectivity index (χ4v) is 4.76. The minimum Gasteiger partial charge on any atom is -0.369 e. The number of benzene rings is 1. The van der Waals surface area contributed by atoms with E-state index < -0.39 is 0 Å². The number of morpholine rings is 1. The summed E-state index contributed by atoms with van der Waals surface area (Å²) >= 11 is 12.5. The molecule has 0 saturated carbocycles. The molecule has 158 valence electrons. The molecule has 2 aliphatic heterocycles. The molecule has 1 N–H and O–H groups in total. The molecular weight excluding hydrogens is 393 g/mol. The molecule has 2 atom stereocenters. The molecule has 2 fully saturated rings. The second-order valence-corrected chi connectivity index (χ2v) is 8.83. The molecule has 2 saturated heterocycles. The summed E-state index contributed by atoms with van der Waals surface area (Å²) in [6.45, 7) is 9.45. The number of nitrogens with zero attached hydrogens (tertiary/aromatic N) is 2. The Bertz CT molecular complexity index is 620. The average Bonchev–Trinajstić information content (AvgIpc) is 2.69. The van der Waals surface area contributed by atoms with Gasteiger partial charge in [-0.15, -0.1) is 0 Å². The van der Waals surface area contributed by atoms with E-state index in [1.165, 1.54) is 38.5 Å². The lowest BCUT2D eigenvalue weighted by Gasteiger charge is -2.61. The van der Waals surface area contributed by atoms with Gasteiger partial charge in [-0.3, -0.25) is 5.32 Å². The van der Waals surface area contributed by atoms with E-state index in [1.54, 1.807) is 0 Å². The van der Waals surface area contributed by atoms with Crippen molar-refractivity contribution in [2.24, 2.45) is 0 Å². The molecule has 0 radical (unpaired) electrons. The predicted molar refractivity (Wildman–Crippen MR) is 118 cm³/mol. The van der Waals surface area contributed by atoms with Crippen LogP contribution < -0.4 is 5.32 Å². The lowest BCUT2D eigenvalue weighted by molar-refractivity contribution is -0.257. The molecule has 0 amide bonds. The van der Waals surface area contributed by atoms with Crippen molar-refractivity contribution >= 4 is 23.2 Å². The highest BCUT2D eigenvalue weighted by Gasteiger charge is 2.55. The van der Waals surface area contributed by atoms with Gasteiger partial charge in [0.15, 0.2) is 0 Å². The maximum atomic E-state index is 6.32. The number of rotatable bonds is 10. The summed E-state index contributed by atoms with van der Waals surface area (Å²) in [6.07, 6.45) is 8.60. The van der Waals surface area contributed by atoms with Crippen molar-refractivity contribution in [1.29, 1.82) is 0 Å². The summed E-state index contributed by atoms with van der Waals surface area (Å²) in [5.74, 6) is 0. The van der Waals surface area contributed by atoms with Crippen LogP contribution in [0.3, 0.4) is 0 Å². The highest BCUT2D eigenvalue weighted by Crippen LogP contribution is 2.45. The van der Waals surface area contributed by atoms with Gasteiger partial charge in [-0.1, -0.05) is 68.8 Å². The van der Waals surface area contributed by atoms with Crippen LogP contribution >= 0.6 is 23.2 Å². The predicted octanol–water partition coefficient (Wildman–Crippen LogP) is 5.65. The monoisotopic (exact) mass is 427 g/mol. The van der Waals surface area contributed by atoms with E-state index in [-0.39, 0.29) is 11.8 Å². The van der Waals surface area contributed by atoms with E-state index in [2.05, 4.69) is 35.2 Å². The van der Waals surface area contributed by atoms with Gasteiger partial charge in [-0.25, -0.2) is 10.0 Å².